The fourth-order valence-corrected chi connectivity index (χ4v) is 2.29. The molecule has 1 atom stereocenters. The number of nitrogens with one attached hydrogen (secondary N) is 2. The normalized spacial score (nSPS) is 22.1. The van der Waals surface area contributed by atoms with Gasteiger partial charge in [0.25, 0.3) is 5.91 Å². The molecule has 7 heteroatoms. The van der Waals surface area contributed by atoms with Crippen molar-refractivity contribution in [2.45, 2.75) is 31.8 Å². The number of hydrogen-bond acceptors (Lipinski definition) is 5. The molecule has 2 heterocycles. The number of nitrogens with zero attached hydrogens (tertiary/aromatic N) is 1. The second-order valence-corrected chi connectivity index (χ2v) is 5.09. The van der Waals surface area contributed by atoms with Crippen LogP contribution in [0.5, 0.6) is 0 Å². The van der Waals surface area contributed by atoms with Crippen LogP contribution in [0.2, 0.25) is 0 Å². The van der Waals surface area contributed by atoms with Crippen molar-refractivity contribution >= 4 is 11.6 Å². The molecule has 1 unspecified atom stereocenters. The van der Waals surface area contributed by atoms with E-state index in [1.54, 1.807) is 7.11 Å². The lowest BCUT2D eigenvalue weighted by Crippen LogP contribution is -2.45. The van der Waals surface area contributed by atoms with Crippen LogP contribution in [0.4, 0.5) is 5.69 Å². The number of aryl methyl sites for hydroxylation is 1. The van der Waals surface area contributed by atoms with Crippen molar-refractivity contribution in [3.05, 3.63) is 11.4 Å². The number of hydrogen-bond donors (Lipinski definition) is 3. The highest BCUT2D eigenvalue weighted by Gasteiger charge is 2.35. The number of H-pyrrole nitrogens is 1. The highest BCUT2D eigenvalue weighted by molar-refractivity contribution is 5.97. The van der Waals surface area contributed by atoms with E-state index in [1.807, 2.05) is 6.92 Å². The van der Waals surface area contributed by atoms with E-state index in [-0.39, 0.29) is 11.6 Å². The minimum absolute atomic E-state index is 0.249. The van der Waals surface area contributed by atoms with Crippen molar-refractivity contribution < 1.29 is 14.3 Å². The number of rotatable bonds is 6. The zero-order valence-corrected chi connectivity index (χ0v) is 12.0. The lowest BCUT2D eigenvalue weighted by atomic mass is 10.0. The van der Waals surface area contributed by atoms with Crippen LogP contribution in [-0.4, -0.2) is 48.6 Å². The smallest absolute Gasteiger partial charge is 0.274 e. The molecule has 1 aliphatic rings. The average molecular weight is 282 g/mol. The first-order valence-electron chi connectivity index (χ1n) is 6.85. The molecule has 0 spiro atoms. The molecule has 0 aromatic carbocycles. The number of ether oxygens (including phenoxy) is 2. The first kappa shape index (κ1) is 14.8. The zero-order valence-electron chi connectivity index (χ0n) is 12.0. The van der Waals surface area contributed by atoms with Crippen molar-refractivity contribution in [3.8, 4) is 0 Å². The Bertz CT molecular complexity index is 466. The van der Waals surface area contributed by atoms with E-state index < -0.39 is 5.60 Å². The third-order valence-corrected chi connectivity index (χ3v) is 3.67. The van der Waals surface area contributed by atoms with Gasteiger partial charge >= 0.3 is 0 Å². The SMILES string of the molecule is CCCc1[nH]nc(C(=O)NCC2(OC)CCOC2)c1N. The lowest BCUT2D eigenvalue weighted by Gasteiger charge is -2.25. The fourth-order valence-electron chi connectivity index (χ4n) is 2.29. The van der Waals surface area contributed by atoms with Crippen molar-refractivity contribution in [3.63, 3.8) is 0 Å². The lowest BCUT2D eigenvalue weighted by molar-refractivity contribution is -0.0149. The Labute approximate surface area is 118 Å². The molecule has 0 bridgehead atoms. The Hall–Kier alpha value is -1.60. The molecule has 1 fully saturated rings. The largest absolute Gasteiger partial charge is 0.395 e. The van der Waals surface area contributed by atoms with Gasteiger partial charge in [-0.05, 0) is 6.42 Å². The molecule has 0 saturated carbocycles. The minimum atomic E-state index is -0.438. The van der Waals surface area contributed by atoms with Crippen molar-refractivity contribution in [2.24, 2.45) is 0 Å². The first-order chi connectivity index (χ1) is 9.62. The second-order valence-electron chi connectivity index (χ2n) is 5.09. The predicted molar refractivity (Wildman–Crippen MR) is 74.5 cm³/mol. The van der Waals surface area contributed by atoms with Crippen LogP contribution in [0.1, 0.15) is 35.9 Å². The van der Waals surface area contributed by atoms with Crippen LogP contribution >= 0.6 is 0 Å². The van der Waals surface area contributed by atoms with Crippen LogP contribution in [0.15, 0.2) is 0 Å². The summed E-state index contributed by atoms with van der Waals surface area (Å²) in [7, 11) is 1.63. The van der Waals surface area contributed by atoms with E-state index in [1.165, 1.54) is 0 Å². The Morgan fingerprint density at radius 1 is 1.65 bits per heavy atom. The van der Waals surface area contributed by atoms with Crippen molar-refractivity contribution in [1.29, 1.82) is 0 Å². The predicted octanol–water partition coefficient (Wildman–Crippen LogP) is 0.480. The summed E-state index contributed by atoms with van der Waals surface area (Å²) < 4.78 is 10.8. The van der Waals surface area contributed by atoms with E-state index in [9.17, 15) is 4.79 Å². The molecule has 2 rings (SSSR count). The molecule has 7 nitrogen and oxygen atoms in total. The van der Waals surface area contributed by atoms with E-state index in [4.69, 9.17) is 15.2 Å². The number of nitrogen functional groups attached to an aromatic ring is 1. The van der Waals surface area contributed by atoms with Gasteiger partial charge in [0.05, 0.1) is 18.0 Å². The number of methoxy groups -OCH3 is 1. The van der Waals surface area contributed by atoms with Gasteiger partial charge in [-0.3, -0.25) is 9.89 Å². The Morgan fingerprint density at radius 3 is 3.05 bits per heavy atom. The summed E-state index contributed by atoms with van der Waals surface area (Å²) in [5, 5.41) is 9.63. The molecular formula is C13H22N4O3. The summed E-state index contributed by atoms with van der Waals surface area (Å²) in [5.41, 5.74) is 6.98. The fraction of sp³-hybridized carbons (Fsp3) is 0.692. The van der Waals surface area contributed by atoms with Crippen LogP contribution in [0.25, 0.3) is 0 Å². The summed E-state index contributed by atoms with van der Waals surface area (Å²) >= 11 is 0. The van der Waals surface area contributed by atoms with E-state index in [0.717, 1.165) is 25.0 Å². The van der Waals surface area contributed by atoms with Gasteiger partial charge in [0.1, 0.15) is 5.60 Å². The number of aromatic nitrogens is 2. The Kier molecular flexibility index (Phi) is 4.61. The highest BCUT2D eigenvalue weighted by atomic mass is 16.5. The Morgan fingerprint density at radius 2 is 2.45 bits per heavy atom. The van der Waals surface area contributed by atoms with Gasteiger partial charge in [-0.25, -0.2) is 0 Å². The molecule has 1 aromatic rings. The summed E-state index contributed by atoms with van der Waals surface area (Å²) in [5.74, 6) is -0.288. The zero-order chi connectivity index (χ0) is 14.6. The minimum Gasteiger partial charge on any atom is -0.395 e. The number of anilines is 1. The number of nitrogens with two attached hydrogens (primary N) is 1. The molecule has 1 amide bonds. The topological polar surface area (TPSA) is 102 Å². The molecule has 112 valence electrons. The van der Waals surface area contributed by atoms with Gasteiger partial charge in [0, 0.05) is 26.7 Å². The van der Waals surface area contributed by atoms with Crippen molar-refractivity contribution in [2.75, 3.05) is 32.6 Å². The van der Waals surface area contributed by atoms with Gasteiger partial charge in [-0.1, -0.05) is 13.3 Å². The molecule has 1 aliphatic heterocycles. The number of carbonyl (C=O) groups excluding carboxylic acids is 1. The summed E-state index contributed by atoms with van der Waals surface area (Å²) in [6, 6.07) is 0. The average Bonchev–Trinajstić information content (AvgIpc) is 3.06. The van der Waals surface area contributed by atoms with E-state index >= 15 is 0 Å². The third kappa shape index (κ3) is 2.94. The molecule has 1 aromatic heterocycles. The molecule has 0 radical (unpaired) electrons. The summed E-state index contributed by atoms with van der Waals surface area (Å²) in [6.45, 7) is 3.57. The summed E-state index contributed by atoms with van der Waals surface area (Å²) in [4.78, 5) is 12.1. The monoisotopic (exact) mass is 282 g/mol. The number of aromatic amines is 1. The maximum atomic E-state index is 12.1. The molecule has 1 saturated heterocycles. The highest BCUT2D eigenvalue weighted by Crippen LogP contribution is 2.22. The van der Waals surface area contributed by atoms with Crippen LogP contribution in [0.3, 0.4) is 0 Å². The third-order valence-electron chi connectivity index (χ3n) is 3.67. The number of carbonyl (C=O) groups is 1. The van der Waals surface area contributed by atoms with Crippen LogP contribution in [0, 0.1) is 0 Å². The van der Waals surface area contributed by atoms with Gasteiger partial charge < -0.3 is 20.5 Å². The van der Waals surface area contributed by atoms with Gasteiger partial charge in [-0.2, -0.15) is 5.10 Å². The van der Waals surface area contributed by atoms with Gasteiger partial charge in [0.15, 0.2) is 5.69 Å². The van der Waals surface area contributed by atoms with E-state index in [0.29, 0.717) is 25.4 Å². The quantitative estimate of drug-likeness (QED) is 0.704. The molecular weight excluding hydrogens is 260 g/mol. The van der Waals surface area contributed by atoms with Crippen LogP contribution in [-0.2, 0) is 15.9 Å². The molecule has 0 aliphatic carbocycles. The maximum absolute atomic E-state index is 12.1. The molecule has 4 N–H and O–H groups in total. The van der Waals surface area contributed by atoms with Gasteiger partial charge in [-0.15, -0.1) is 0 Å². The Balaban J connectivity index is 1.98. The van der Waals surface area contributed by atoms with E-state index in [2.05, 4.69) is 15.5 Å². The van der Waals surface area contributed by atoms with Gasteiger partial charge in [0.2, 0.25) is 0 Å². The summed E-state index contributed by atoms with van der Waals surface area (Å²) in [6.07, 6.45) is 2.49. The second kappa shape index (κ2) is 6.23. The van der Waals surface area contributed by atoms with Crippen LogP contribution < -0.4 is 11.1 Å². The standard InChI is InChI=1S/C13H22N4O3/c1-3-4-9-10(14)11(17-16-9)12(18)15-7-13(19-2)5-6-20-8-13/h3-8,14H2,1-2H3,(H,15,18)(H,16,17). The number of amides is 1. The molecule has 20 heavy (non-hydrogen) atoms. The van der Waals surface area contributed by atoms with Crippen molar-refractivity contribution in [1.82, 2.24) is 15.5 Å². The maximum Gasteiger partial charge on any atom is 0.274 e. The first-order valence-corrected chi connectivity index (χ1v) is 6.85.